The molecule has 1 saturated heterocycles. The van der Waals surface area contributed by atoms with Gasteiger partial charge in [-0.15, -0.1) is 16.4 Å². The Hall–Kier alpha value is -1.16. The van der Waals surface area contributed by atoms with Crippen LogP contribution in [0.5, 0.6) is 0 Å². The van der Waals surface area contributed by atoms with Crippen LogP contribution in [-0.4, -0.2) is 67.8 Å². The molecule has 0 saturated carbocycles. The van der Waals surface area contributed by atoms with Crippen LogP contribution >= 0.6 is 34.7 Å². The largest absolute Gasteiger partial charge is 0.339 e. The van der Waals surface area contributed by atoms with Gasteiger partial charge < -0.3 is 4.90 Å². The van der Waals surface area contributed by atoms with E-state index in [2.05, 4.69) is 26.5 Å². The lowest BCUT2D eigenvalue weighted by atomic mass is 10.3. The molecule has 3 rings (SSSR count). The van der Waals surface area contributed by atoms with Crippen LogP contribution in [0, 0.1) is 0 Å². The number of thiophene rings is 1. The van der Waals surface area contributed by atoms with Gasteiger partial charge in [-0.25, -0.2) is 4.68 Å². The second-order valence-electron chi connectivity index (χ2n) is 5.24. The first kappa shape index (κ1) is 16.7. The van der Waals surface area contributed by atoms with Crippen molar-refractivity contribution in [2.24, 2.45) is 7.05 Å². The summed E-state index contributed by atoms with van der Waals surface area (Å²) in [6.07, 6.45) is 0. The molecule has 0 radical (unpaired) electrons. The van der Waals surface area contributed by atoms with Crippen molar-refractivity contribution in [3.05, 3.63) is 21.3 Å². The molecule has 0 aromatic carbocycles. The Morgan fingerprint density at radius 3 is 2.74 bits per heavy atom. The molecular formula is C13H17ClN6OS2. The number of piperazine rings is 1. The van der Waals surface area contributed by atoms with Gasteiger partial charge in [0.1, 0.15) is 0 Å². The van der Waals surface area contributed by atoms with Crippen LogP contribution in [0.15, 0.2) is 17.3 Å². The highest BCUT2D eigenvalue weighted by molar-refractivity contribution is 7.99. The van der Waals surface area contributed by atoms with E-state index in [4.69, 9.17) is 11.6 Å². The smallest absolute Gasteiger partial charge is 0.233 e. The van der Waals surface area contributed by atoms with Crippen LogP contribution in [0.2, 0.25) is 4.34 Å². The van der Waals surface area contributed by atoms with Crippen LogP contribution in [0.4, 0.5) is 0 Å². The highest BCUT2D eigenvalue weighted by Crippen LogP contribution is 2.23. The number of tetrazole rings is 1. The Morgan fingerprint density at radius 2 is 2.13 bits per heavy atom. The summed E-state index contributed by atoms with van der Waals surface area (Å²) in [5.41, 5.74) is 0. The molecule has 2 aromatic heterocycles. The summed E-state index contributed by atoms with van der Waals surface area (Å²) < 4.78 is 2.39. The van der Waals surface area contributed by atoms with E-state index < -0.39 is 0 Å². The molecule has 1 aliphatic rings. The fraction of sp³-hybridized carbons (Fsp3) is 0.538. The van der Waals surface area contributed by atoms with E-state index in [1.807, 2.05) is 11.0 Å². The minimum absolute atomic E-state index is 0.136. The van der Waals surface area contributed by atoms with E-state index in [0.29, 0.717) is 10.9 Å². The zero-order valence-corrected chi connectivity index (χ0v) is 15.1. The third-order valence-corrected chi connectivity index (χ3v) is 5.85. The van der Waals surface area contributed by atoms with Gasteiger partial charge >= 0.3 is 0 Å². The molecule has 10 heteroatoms. The molecule has 0 atom stereocenters. The molecule has 0 bridgehead atoms. The van der Waals surface area contributed by atoms with Crippen LogP contribution in [0.3, 0.4) is 0 Å². The number of hydrogen-bond donors (Lipinski definition) is 0. The fourth-order valence-corrected chi connectivity index (χ4v) is 4.26. The Labute approximate surface area is 147 Å². The number of nitrogens with zero attached hydrogens (tertiary/aromatic N) is 6. The molecule has 7 nitrogen and oxygen atoms in total. The molecule has 124 valence electrons. The maximum atomic E-state index is 12.3. The molecule has 2 aromatic rings. The lowest BCUT2D eigenvalue weighted by Crippen LogP contribution is -2.48. The molecule has 0 N–H and O–H groups in total. The Morgan fingerprint density at radius 1 is 1.35 bits per heavy atom. The molecule has 1 fully saturated rings. The first-order chi connectivity index (χ1) is 11.1. The average molecular weight is 373 g/mol. The zero-order valence-electron chi connectivity index (χ0n) is 12.7. The van der Waals surface area contributed by atoms with Gasteiger partial charge in [0.25, 0.3) is 0 Å². The topological polar surface area (TPSA) is 67.2 Å². The van der Waals surface area contributed by atoms with Gasteiger partial charge in [0.05, 0.1) is 10.1 Å². The number of carbonyl (C=O) groups is 1. The number of halogens is 1. The van der Waals surface area contributed by atoms with E-state index in [1.54, 1.807) is 23.1 Å². The summed E-state index contributed by atoms with van der Waals surface area (Å²) in [6, 6.07) is 4.00. The van der Waals surface area contributed by atoms with E-state index >= 15 is 0 Å². The van der Waals surface area contributed by atoms with E-state index in [9.17, 15) is 4.79 Å². The van der Waals surface area contributed by atoms with Crippen LogP contribution in [0.25, 0.3) is 0 Å². The van der Waals surface area contributed by atoms with Crippen LogP contribution < -0.4 is 0 Å². The Bertz CT molecular complexity index is 667. The summed E-state index contributed by atoms with van der Waals surface area (Å²) in [5.74, 6) is 0.506. The van der Waals surface area contributed by atoms with E-state index in [1.165, 1.54) is 16.6 Å². The normalized spacial score (nSPS) is 16.0. The van der Waals surface area contributed by atoms with Crippen LogP contribution in [0.1, 0.15) is 4.88 Å². The van der Waals surface area contributed by atoms with Crippen molar-refractivity contribution < 1.29 is 4.79 Å². The number of hydrogen-bond acceptors (Lipinski definition) is 7. The minimum atomic E-state index is 0.136. The SMILES string of the molecule is Cn1nnnc1SCC(=O)N1CCN(Cc2ccc(Cl)s2)CC1. The molecule has 0 spiro atoms. The van der Waals surface area contributed by atoms with E-state index in [0.717, 1.165) is 37.1 Å². The van der Waals surface area contributed by atoms with Gasteiger partial charge in [-0.05, 0) is 22.6 Å². The van der Waals surface area contributed by atoms with Crippen molar-refractivity contribution in [1.82, 2.24) is 30.0 Å². The fourth-order valence-electron chi connectivity index (χ4n) is 2.37. The summed E-state index contributed by atoms with van der Waals surface area (Å²) in [6.45, 7) is 4.19. The Balaban J connectivity index is 1.43. The standard InChI is InChI=1S/C13H17ClN6OS2/c1-18-13(15-16-17-18)22-9-12(21)20-6-4-19(5-7-20)8-10-2-3-11(14)23-10/h2-3H,4-9H2,1H3. The quantitative estimate of drug-likeness (QED) is 0.738. The number of rotatable bonds is 5. The van der Waals surface area contributed by atoms with Crippen molar-refractivity contribution in [1.29, 1.82) is 0 Å². The third-order valence-electron chi connectivity index (χ3n) is 3.64. The predicted molar refractivity (Wildman–Crippen MR) is 90.7 cm³/mol. The summed E-state index contributed by atoms with van der Waals surface area (Å²) in [7, 11) is 1.77. The first-order valence-electron chi connectivity index (χ1n) is 7.21. The van der Waals surface area contributed by atoms with Gasteiger partial charge in [0.2, 0.25) is 11.1 Å². The molecule has 0 aliphatic carbocycles. The average Bonchev–Trinajstić information content (AvgIpc) is 3.14. The highest BCUT2D eigenvalue weighted by Gasteiger charge is 2.22. The van der Waals surface area contributed by atoms with Crippen molar-refractivity contribution in [2.45, 2.75) is 11.7 Å². The van der Waals surface area contributed by atoms with Gasteiger partial charge in [0, 0.05) is 44.6 Å². The number of aromatic nitrogens is 4. The summed E-state index contributed by atoms with van der Waals surface area (Å²) in [4.78, 5) is 17.8. The molecule has 23 heavy (non-hydrogen) atoms. The second-order valence-corrected chi connectivity index (χ2v) is 7.98. The third kappa shape index (κ3) is 4.43. The van der Waals surface area contributed by atoms with Gasteiger partial charge in [0.15, 0.2) is 0 Å². The van der Waals surface area contributed by atoms with Gasteiger partial charge in [-0.3, -0.25) is 9.69 Å². The predicted octanol–water partition coefficient (Wildman–Crippen LogP) is 1.36. The van der Waals surface area contributed by atoms with Gasteiger partial charge in [-0.1, -0.05) is 23.4 Å². The summed E-state index contributed by atoms with van der Waals surface area (Å²) >= 11 is 8.95. The molecule has 1 amide bonds. The van der Waals surface area contributed by atoms with Crippen molar-refractivity contribution in [3.63, 3.8) is 0 Å². The number of thioether (sulfide) groups is 1. The zero-order chi connectivity index (χ0) is 16.2. The number of amides is 1. The maximum Gasteiger partial charge on any atom is 0.233 e. The lowest BCUT2D eigenvalue weighted by molar-refractivity contribution is -0.130. The lowest BCUT2D eigenvalue weighted by Gasteiger charge is -2.34. The van der Waals surface area contributed by atoms with Crippen molar-refractivity contribution in [2.75, 3.05) is 31.9 Å². The van der Waals surface area contributed by atoms with Crippen LogP contribution in [-0.2, 0) is 18.4 Å². The highest BCUT2D eigenvalue weighted by atomic mass is 35.5. The summed E-state index contributed by atoms with van der Waals surface area (Å²) in [5, 5.41) is 11.8. The maximum absolute atomic E-state index is 12.3. The molecular weight excluding hydrogens is 356 g/mol. The molecule has 3 heterocycles. The Kier molecular flexibility index (Phi) is 5.52. The second kappa shape index (κ2) is 7.61. The van der Waals surface area contributed by atoms with Gasteiger partial charge in [-0.2, -0.15) is 0 Å². The van der Waals surface area contributed by atoms with E-state index in [-0.39, 0.29) is 5.91 Å². The number of carbonyl (C=O) groups excluding carboxylic acids is 1. The monoisotopic (exact) mass is 372 g/mol. The molecule has 1 aliphatic heterocycles. The van der Waals surface area contributed by atoms with Crippen molar-refractivity contribution in [3.8, 4) is 0 Å². The number of aryl methyl sites for hydroxylation is 1. The minimum Gasteiger partial charge on any atom is -0.339 e. The first-order valence-corrected chi connectivity index (χ1v) is 9.39. The van der Waals surface area contributed by atoms with Crippen molar-refractivity contribution >= 4 is 40.6 Å². The molecule has 0 unspecified atom stereocenters.